The van der Waals surface area contributed by atoms with Crippen LogP contribution < -0.4 is 0 Å². The van der Waals surface area contributed by atoms with Crippen molar-refractivity contribution in [2.45, 2.75) is 38.5 Å². The number of carbonyl (C=O) groups is 2. The predicted octanol–water partition coefficient (Wildman–Crippen LogP) is 0.0512. The summed E-state index contributed by atoms with van der Waals surface area (Å²) >= 11 is 0. The highest BCUT2D eigenvalue weighted by atomic mass is 16.6. The second-order valence-corrected chi connectivity index (χ2v) is 3.83. The van der Waals surface area contributed by atoms with Gasteiger partial charge in [-0.05, 0) is 13.8 Å². The van der Waals surface area contributed by atoms with Gasteiger partial charge in [-0.25, -0.2) is 9.59 Å². The zero-order chi connectivity index (χ0) is 11.6. The van der Waals surface area contributed by atoms with E-state index in [4.69, 9.17) is 9.84 Å². The number of β-amino-alcohol motifs (C(OH)–C–C–N with tert-alkyl or cyclic N) is 1. The zero-order valence-corrected chi connectivity index (χ0v) is 8.71. The zero-order valence-electron chi connectivity index (χ0n) is 8.71. The molecule has 2 N–H and O–H groups in total. The highest BCUT2D eigenvalue weighted by Gasteiger charge is 2.39. The van der Waals surface area contributed by atoms with Crippen LogP contribution in [0.5, 0.6) is 0 Å². The summed E-state index contributed by atoms with van der Waals surface area (Å²) in [6, 6.07) is -0.980. The van der Waals surface area contributed by atoms with Gasteiger partial charge in [0.15, 0.2) is 0 Å². The average Bonchev–Trinajstić information content (AvgIpc) is 2.46. The van der Waals surface area contributed by atoms with Crippen LogP contribution in [0.15, 0.2) is 0 Å². The molecule has 0 aliphatic carbocycles. The molecule has 15 heavy (non-hydrogen) atoms. The molecule has 1 amide bonds. The van der Waals surface area contributed by atoms with E-state index in [1.54, 1.807) is 13.8 Å². The Kier molecular flexibility index (Phi) is 3.52. The van der Waals surface area contributed by atoms with Crippen molar-refractivity contribution >= 4 is 12.1 Å². The van der Waals surface area contributed by atoms with Gasteiger partial charge in [0.1, 0.15) is 6.04 Å². The Morgan fingerprint density at radius 2 is 2.07 bits per heavy atom. The first-order valence-electron chi connectivity index (χ1n) is 4.80. The van der Waals surface area contributed by atoms with Gasteiger partial charge in [-0.15, -0.1) is 0 Å². The third-order valence-electron chi connectivity index (χ3n) is 2.14. The lowest BCUT2D eigenvalue weighted by molar-refractivity contribution is -0.141. The predicted molar refractivity (Wildman–Crippen MR) is 50.4 cm³/mol. The fraction of sp³-hybridized carbons (Fsp3) is 0.778. The maximum atomic E-state index is 11.4. The number of aliphatic carboxylic acids is 1. The van der Waals surface area contributed by atoms with Crippen LogP contribution in [-0.2, 0) is 9.53 Å². The molecule has 6 nitrogen and oxygen atoms in total. The van der Waals surface area contributed by atoms with Crippen molar-refractivity contribution in [3.63, 3.8) is 0 Å². The lowest BCUT2D eigenvalue weighted by Gasteiger charge is -2.21. The van der Waals surface area contributed by atoms with Crippen LogP contribution in [0.4, 0.5) is 4.79 Å². The van der Waals surface area contributed by atoms with Crippen LogP contribution >= 0.6 is 0 Å². The molecule has 0 radical (unpaired) electrons. The van der Waals surface area contributed by atoms with Crippen LogP contribution in [-0.4, -0.2) is 52.0 Å². The van der Waals surface area contributed by atoms with E-state index >= 15 is 0 Å². The fourth-order valence-electron chi connectivity index (χ4n) is 1.52. The number of carboxylic acid groups (broad SMARTS) is 1. The van der Waals surface area contributed by atoms with E-state index in [1.165, 1.54) is 0 Å². The summed E-state index contributed by atoms with van der Waals surface area (Å²) in [7, 11) is 0. The van der Waals surface area contributed by atoms with Crippen LogP contribution in [0, 0.1) is 0 Å². The molecule has 1 rings (SSSR count). The van der Waals surface area contributed by atoms with Crippen molar-refractivity contribution in [3.05, 3.63) is 0 Å². The lowest BCUT2D eigenvalue weighted by Crippen LogP contribution is -2.41. The number of aliphatic hydroxyl groups is 1. The van der Waals surface area contributed by atoms with Gasteiger partial charge in [0.25, 0.3) is 0 Å². The highest BCUT2D eigenvalue weighted by molar-refractivity contribution is 5.80. The number of likely N-dealkylation sites (tertiary alicyclic amines) is 1. The number of carbonyl (C=O) groups excluding carboxylic acids is 1. The second kappa shape index (κ2) is 4.48. The molecule has 6 heteroatoms. The molecule has 1 fully saturated rings. The molecule has 0 bridgehead atoms. The van der Waals surface area contributed by atoms with E-state index in [1.807, 2.05) is 0 Å². The molecule has 0 saturated carbocycles. The van der Waals surface area contributed by atoms with Gasteiger partial charge in [0.2, 0.25) is 0 Å². The number of carboxylic acids is 1. The number of hydrogen-bond donors (Lipinski definition) is 2. The van der Waals surface area contributed by atoms with Crippen LogP contribution in [0.2, 0.25) is 0 Å². The largest absolute Gasteiger partial charge is 0.480 e. The lowest BCUT2D eigenvalue weighted by atomic mass is 10.2. The van der Waals surface area contributed by atoms with Gasteiger partial charge in [-0.2, -0.15) is 0 Å². The van der Waals surface area contributed by atoms with E-state index in [0.717, 1.165) is 4.90 Å². The summed E-state index contributed by atoms with van der Waals surface area (Å²) < 4.78 is 4.88. The molecular formula is C9H15NO5. The van der Waals surface area contributed by atoms with Gasteiger partial charge in [0.05, 0.1) is 18.8 Å². The molecule has 1 aliphatic rings. The van der Waals surface area contributed by atoms with Crippen LogP contribution in [0.3, 0.4) is 0 Å². The molecule has 1 heterocycles. The van der Waals surface area contributed by atoms with Crippen molar-refractivity contribution in [1.29, 1.82) is 0 Å². The Morgan fingerprint density at radius 3 is 2.53 bits per heavy atom. The molecule has 0 aromatic carbocycles. The minimum atomic E-state index is -1.12. The Labute approximate surface area is 87.4 Å². The number of ether oxygens (including phenoxy) is 1. The number of rotatable bonds is 2. The molecule has 2 atom stereocenters. The quantitative estimate of drug-likeness (QED) is 0.682. The average molecular weight is 217 g/mol. The first-order chi connectivity index (χ1) is 6.91. The maximum absolute atomic E-state index is 11.4. The molecule has 2 unspecified atom stereocenters. The summed E-state index contributed by atoms with van der Waals surface area (Å²) in [5, 5.41) is 18.1. The molecule has 0 aromatic rings. The van der Waals surface area contributed by atoms with E-state index in [-0.39, 0.29) is 19.1 Å². The van der Waals surface area contributed by atoms with Gasteiger partial charge in [0, 0.05) is 6.42 Å². The van der Waals surface area contributed by atoms with Crippen LogP contribution in [0.25, 0.3) is 0 Å². The molecule has 86 valence electrons. The topological polar surface area (TPSA) is 87.1 Å². The highest BCUT2D eigenvalue weighted by Crippen LogP contribution is 2.19. The van der Waals surface area contributed by atoms with Crippen LogP contribution in [0.1, 0.15) is 20.3 Å². The minimum absolute atomic E-state index is 0.0164. The Bertz CT molecular complexity index is 265. The van der Waals surface area contributed by atoms with E-state index in [0.29, 0.717) is 0 Å². The van der Waals surface area contributed by atoms with Gasteiger partial charge >= 0.3 is 12.1 Å². The Hall–Kier alpha value is -1.30. The van der Waals surface area contributed by atoms with Gasteiger partial charge in [-0.3, -0.25) is 4.90 Å². The summed E-state index contributed by atoms with van der Waals surface area (Å²) in [5.41, 5.74) is 0. The minimum Gasteiger partial charge on any atom is -0.480 e. The summed E-state index contributed by atoms with van der Waals surface area (Å²) in [6.07, 6.45) is -1.72. The monoisotopic (exact) mass is 217 g/mol. The maximum Gasteiger partial charge on any atom is 0.410 e. The first kappa shape index (κ1) is 11.8. The van der Waals surface area contributed by atoms with Crippen molar-refractivity contribution in [1.82, 2.24) is 4.90 Å². The second-order valence-electron chi connectivity index (χ2n) is 3.83. The summed E-state index contributed by atoms with van der Waals surface area (Å²) in [5.74, 6) is -1.12. The van der Waals surface area contributed by atoms with E-state index in [2.05, 4.69) is 0 Å². The smallest absolute Gasteiger partial charge is 0.410 e. The number of nitrogens with zero attached hydrogens (tertiary/aromatic N) is 1. The third-order valence-corrected chi connectivity index (χ3v) is 2.14. The normalized spacial score (nSPS) is 25.7. The number of amides is 1. The Morgan fingerprint density at radius 1 is 1.47 bits per heavy atom. The van der Waals surface area contributed by atoms with E-state index in [9.17, 15) is 14.7 Å². The number of hydrogen-bond acceptors (Lipinski definition) is 4. The molecule has 1 saturated heterocycles. The summed E-state index contributed by atoms with van der Waals surface area (Å²) in [6.45, 7) is 3.38. The van der Waals surface area contributed by atoms with Crippen molar-refractivity contribution in [2.24, 2.45) is 0 Å². The molecule has 0 spiro atoms. The van der Waals surface area contributed by atoms with Crippen molar-refractivity contribution in [3.8, 4) is 0 Å². The van der Waals surface area contributed by atoms with Gasteiger partial charge in [-0.1, -0.05) is 0 Å². The van der Waals surface area contributed by atoms with Crippen molar-refractivity contribution in [2.75, 3.05) is 6.54 Å². The van der Waals surface area contributed by atoms with Gasteiger partial charge < -0.3 is 14.9 Å². The molecular weight excluding hydrogens is 202 g/mol. The number of aliphatic hydroxyl groups excluding tert-OH is 1. The standard InChI is InChI=1S/C9H15NO5/c1-5(2)15-9(14)10-4-6(11)3-7(10)8(12)13/h5-7,11H,3-4H2,1-2H3,(H,12,13). The SMILES string of the molecule is CC(C)OC(=O)N1CC(O)CC1C(=O)O. The molecule has 1 aliphatic heterocycles. The van der Waals surface area contributed by atoms with E-state index < -0.39 is 24.2 Å². The fourth-order valence-corrected chi connectivity index (χ4v) is 1.52. The summed E-state index contributed by atoms with van der Waals surface area (Å²) in [4.78, 5) is 23.3. The molecule has 0 aromatic heterocycles. The third kappa shape index (κ3) is 2.82. The Balaban J connectivity index is 2.66. The van der Waals surface area contributed by atoms with Crippen molar-refractivity contribution < 1.29 is 24.5 Å². The first-order valence-corrected chi connectivity index (χ1v) is 4.80.